The van der Waals surface area contributed by atoms with Crippen molar-refractivity contribution in [1.82, 2.24) is 4.90 Å². The maximum absolute atomic E-state index is 11.9. The van der Waals surface area contributed by atoms with E-state index in [2.05, 4.69) is 66.1 Å². The van der Waals surface area contributed by atoms with Gasteiger partial charge >= 0.3 is 0 Å². The third-order valence-corrected chi connectivity index (χ3v) is 6.33. The predicted octanol–water partition coefficient (Wildman–Crippen LogP) is 3.30. The molecule has 0 atom stereocenters. The van der Waals surface area contributed by atoms with Crippen LogP contribution in [0.3, 0.4) is 0 Å². The van der Waals surface area contributed by atoms with E-state index in [1.165, 1.54) is 22.4 Å². The highest BCUT2D eigenvalue weighted by Gasteiger charge is 2.22. The molecule has 2 fully saturated rings. The molecule has 2 saturated heterocycles. The normalized spacial score (nSPS) is 17.2. The van der Waals surface area contributed by atoms with Gasteiger partial charge in [-0.3, -0.25) is 14.2 Å². The number of hydrogen-bond donors (Lipinski definition) is 1. The first-order valence-corrected chi connectivity index (χ1v) is 13.3. The molecule has 2 aliphatic heterocycles. The number of nitrogens with zero attached hydrogens (tertiary/aromatic N) is 3. The van der Waals surface area contributed by atoms with Crippen molar-refractivity contribution in [1.29, 1.82) is 0 Å². The number of aryl methyl sites for hydroxylation is 1. The van der Waals surface area contributed by atoms with Crippen LogP contribution < -0.4 is 9.80 Å². The molecule has 2 aromatic rings. The SMILES string of the molecule is CS(=O)(=O)O.Cc1cccc(N2CCN(CCc3ccc(N4CCCC4=O)cc3)CC2)c1C. The highest BCUT2D eigenvalue weighted by atomic mass is 32.2. The molecule has 0 bridgehead atoms. The first-order valence-electron chi connectivity index (χ1n) is 11.5. The number of rotatable bonds is 5. The molecule has 0 radical (unpaired) electrons. The number of hydrogen-bond acceptors (Lipinski definition) is 5. The van der Waals surface area contributed by atoms with E-state index in [1.54, 1.807) is 0 Å². The predicted molar refractivity (Wildman–Crippen MR) is 134 cm³/mol. The molecular formula is C25H35N3O4S. The average Bonchev–Trinajstić information content (AvgIpc) is 3.20. The molecule has 8 heteroatoms. The second-order valence-electron chi connectivity index (χ2n) is 8.85. The van der Waals surface area contributed by atoms with E-state index in [1.807, 2.05) is 4.90 Å². The van der Waals surface area contributed by atoms with Crippen LogP contribution in [-0.2, 0) is 21.3 Å². The summed E-state index contributed by atoms with van der Waals surface area (Å²) in [5, 5.41) is 0. The molecule has 33 heavy (non-hydrogen) atoms. The summed E-state index contributed by atoms with van der Waals surface area (Å²) in [5.74, 6) is 0.259. The Labute approximate surface area is 197 Å². The van der Waals surface area contributed by atoms with Gasteiger partial charge in [0.2, 0.25) is 5.91 Å². The number of carbonyl (C=O) groups excluding carboxylic acids is 1. The molecule has 0 saturated carbocycles. The van der Waals surface area contributed by atoms with Gasteiger partial charge < -0.3 is 9.80 Å². The van der Waals surface area contributed by atoms with Crippen molar-refractivity contribution in [2.24, 2.45) is 0 Å². The summed E-state index contributed by atoms with van der Waals surface area (Å²) in [6, 6.07) is 15.2. The quantitative estimate of drug-likeness (QED) is 0.671. The minimum atomic E-state index is -3.67. The van der Waals surface area contributed by atoms with Crippen molar-refractivity contribution < 1.29 is 17.8 Å². The summed E-state index contributed by atoms with van der Waals surface area (Å²) in [6.07, 6.45) is 3.45. The monoisotopic (exact) mass is 473 g/mol. The standard InChI is InChI=1S/C24H31N3O.CH4O3S/c1-19-5-3-6-23(20(19)2)26-17-15-25(16-18-26)14-12-21-8-10-22(11-9-21)27-13-4-7-24(27)28;1-5(2,3)4/h3,5-6,8-11H,4,7,12-18H2,1-2H3;1H3,(H,2,3,4). The van der Waals surface area contributed by atoms with Gasteiger partial charge in [-0.25, -0.2) is 0 Å². The Morgan fingerprint density at radius 1 is 0.939 bits per heavy atom. The fourth-order valence-electron chi connectivity index (χ4n) is 4.34. The second-order valence-corrected chi connectivity index (χ2v) is 10.3. The van der Waals surface area contributed by atoms with Gasteiger partial charge in [0, 0.05) is 57.1 Å². The van der Waals surface area contributed by atoms with E-state index >= 15 is 0 Å². The lowest BCUT2D eigenvalue weighted by Gasteiger charge is -2.37. The van der Waals surface area contributed by atoms with Crippen LogP contribution in [0.2, 0.25) is 0 Å². The van der Waals surface area contributed by atoms with Crippen LogP contribution in [0, 0.1) is 13.8 Å². The van der Waals surface area contributed by atoms with Gasteiger partial charge in [-0.05, 0) is 61.6 Å². The summed E-state index contributed by atoms with van der Waals surface area (Å²) in [6.45, 7) is 10.8. The molecule has 180 valence electrons. The fraction of sp³-hybridized carbons (Fsp3) is 0.480. The molecule has 2 heterocycles. The Bertz CT molecular complexity index is 1040. The fourth-order valence-corrected chi connectivity index (χ4v) is 4.34. The van der Waals surface area contributed by atoms with E-state index in [0.29, 0.717) is 12.7 Å². The molecule has 0 aliphatic carbocycles. The van der Waals surface area contributed by atoms with Crippen LogP contribution in [-0.4, -0.2) is 69.3 Å². The Kier molecular flexibility index (Phi) is 8.51. The van der Waals surface area contributed by atoms with E-state index in [9.17, 15) is 13.2 Å². The van der Waals surface area contributed by atoms with Gasteiger partial charge in [0.1, 0.15) is 0 Å². The van der Waals surface area contributed by atoms with Gasteiger partial charge in [-0.2, -0.15) is 8.42 Å². The molecule has 0 spiro atoms. The smallest absolute Gasteiger partial charge is 0.261 e. The van der Waals surface area contributed by atoms with Crippen LogP contribution in [0.25, 0.3) is 0 Å². The van der Waals surface area contributed by atoms with Crippen molar-refractivity contribution in [3.8, 4) is 0 Å². The first-order chi connectivity index (χ1) is 15.6. The highest BCUT2D eigenvalue weighted by molar-refractivity contribution is 7.85. The van der Waals surface area contributed by atoms with Crippen LogP contribution in [0.5, 0.6) is 0 Å². The lowest BCUT2D eigenvalue weighted by Crippen LogP contribution is -2.47. The molecular weight excluding hydrogens is 438 g/mol. The summed E-state index contributed by atoms with van der Waals surface area (Å²) in [5.41, 5.74) is 6.58. The average molecular weight is 474 g/mol. The maximum Gasteiger partial charge on any atom is 0.261 e. The third kappa shape index (κ3) is 7.55. The van der Waals surface area contributed by atoms with Gasteiger partial charge in [0.05, 0.1) is 6.26 Å². The minimum absolute atomic E-state index is 0.259. The van der Waals surface area contributed by atoms with Gasteiger partial charge in [0.15, 0.2) is 0 Å². The van der Waals surface area contributed by atoms with Crippen molar-refractivity contribution in [3.63, 3.8) is 0 Å². The maximum atomic E-state index is 11.9. The largest absolute Gasteiger partial charge is 0.369 e. The summed E-state index contributed by atoms with van der Waals surface area (Å²) < 4.78 is 25.9. The van der Waals surface area contributed by atoms with Crippen molar-refractivity contribution in [3.05, 3.63) is 59.2 Å². The summed E-state index contributed by atoms with van der Waals surface area (Å²) in [7, 11) is -3.67. The Balaban J connectivity index is 0.000000555. The highest BCUT2D eigenvalue weighted by Crippen LogP contribution is 2.24. The topological polar surface area (TPSA) is 81.2 Å². The van der Waals surface area contributed by atoms with Crippen LogP contribution >= 0.6 is 0 Å². The number of anilines is 2. The lowest BCUT2D eigenvalue weighted by atomic mass is 10.1. The lowest BCUT2D eigenvalue weighted by molar-refractivity contribution is -0.117. The first kappa shape index (κ1) is 25.2. The molecule has 1 amide bonds. The Morgan fingerprint density at radius 2 is 1.58 bits per heavy atom. The van der Waals surface area contributed by atoms with Crippen molar-refractivity contribution in [2.45, 2.75) is 33.1 Å². The zero-order chi connectivity index (χ0) is 24.0. The van der Waals surface area contributed by atoms with Crippen molar-refractivity contribution in [2.75, 3.05) is 55.3 Å². The molecule has 1 N–H and O–H groups in total. The number of carbonyl (C=O) groups is 1. The third-order valence-electron chi connectivity index (χ3n) is 6.33. The number of piperazine rings is 1. The van der Waals surface area contributed by atoms with E-state index in [4.69, 9.17) is 4.55 Å². The zero-order valence-corrected chi connectivity index (χ0v) is 20.6. The second kappa shape index (κ2) is 11.1. The van der Waals surface area contributed by atoms with E-state index in [-0.39, 0.29) is 5.91 Å². The molecule has 0 unspecified atom stereocenters. The van der Waals surface area contributed by atoms with E-state index < -0.39 is 10.1 Å². The van der Waals surface area contributed by atoms with Crippen LogP contribution in [0.4, 0.5) is 11.4 Å². The molecule has 7 nitrogen and oxygen atoms in total. The zero-order valence-electron chi connectivity index (χ0n) is 19.8. The Morgan fingerprint density at radius 3 is 2.15 bits per heavy atom. The van der Waals surface area contributed by atoms with E-state index in [0.717, 1.165) is 57.8 Å². The summed E-state index contributed by atoms with van der Waals surface area (Å²) >= 11 is 0. The van der Waals surface area contributed by atoms with Gasteiger partial charge in [0.25, 0.3) is 10.1 Å². The molecule has 2 aliphatic rings. The number of benzene rings is 2. The van der Waals surface area contributed by atoms with Gasteiger partial charge in [-0.15, -0.1) is 0 Å². The summed E-state index contributed by atoms with van der Waals surface area (Å²) in [4.78, 5) is 18.9. The van der Waals surface area contributed by atoms with Crippen molar-refractivity contribution >= 4 is 27.4 Å². The van der Waals surface area contributed by atoms with Gasteiger partial charge in [-0.1, -0.05) is 24.3 Å². The molecule has 4 rings (SSSR count). The molecule has 0 aromatic heterocycles. The number of amides is 1. The van der Waals surface area contributed by atoms with Crippen LogP contribution in [0.1, 0.15) is 29.5 Å². The minimum Gasteiger partial charge on any atom is -0.369 e. The Hall–Kier alpha value is -2.42. The molecule has 2 aromatic carbocycles. The van der Waals surface area contributed by atoms with Crippen LogP contribution in [0.15, 0.2) is 42.5 Å².